The first kappa shape index (κ1) is 86.3. The molecule has 528 valence electrons. The lowest BCUT2D eigenvalue weighted by Gasteiger charge is -2.13. The maximum Gasteiger partial charge on any atom is 0.305 e. The summed E-state index contributed by atoms with van der Waals surface area (Å²) in [7, 11) is 8.72. The monoisotopic (exact) mass is 1280 g/mol. The van der Waals surface area contributed by atoms with Gasteiger partial charge in [0.15, 0.2) is 0 Å². The molecular weight excluding hydrogens is 1120 g/mol. The fraction of sp³-hybridized carbons (Fsp3) is 0.744. The van der Waals surface area contributed by atoms with Crippen molar-refractivity contribution in [3.05, 3.63) is 122 Å². The molecule has 2 atom stereocenters. The van der Waals surface area contributed by atoms with Crippen LogP contribution in [-0.4, -0.2) is 76.2 Å². The highest BCUT2D eigenvalue weighted by atomic mass is 16.5. The molecule has 0 N–H and O–H groups in total. The van der Waals surface area contributed by atoms with Crippen LogP contribution in [-0.2, 0) is 19.1 Å². The second kappa shape index (κ2) is 73.1. The number of rotatable bonds is 10. The summed E-state index contributed by atoms with van der Waals surface area (Å²) in [5, 5.41) is 0. The standard InChI is InChI=1S/C86H150N2O4/c1-87(2)79-67-57-63-75-83-71-59-49-41-33-25-17-9-5-13-21-29-37-45-53-65-77-85(89)92-82-70-56-48-40-32-24-16-8-12-20-28-36-44-52-62-74-84(76-64-58-68-80-88(3)4)72-60-50-42-34-26-18-10-6-14-22-30-38-46-54-66-78-86(90)91-81-69-55-47-39-31-23-15-7-11-19-27-35-43-51-61-73-83/h5-8,13-16,29-32,37-40,63-64,75-76,83-84H,9-12,17-28,33-36,41-62,65-74,77-82H2,1-4H3/b13-5-,14-6-,15-7-,16-8-,37-29-,38-30-,39-31-,40-32-,75-63-,76-64-. The SMILES string of the molecule is CN(C)CCC/C=C\C1CCCCCCCC/C=C\C/C=C\CCCCOC(=O)CCCC/C=C\C/C=C\CCCCCCCCC(/C=C\CCCN(C)C)CCCCCCCC/C=C\C/C=C\CCCCOC(=O)CCCC/C=C\C/C=C\CCCCCCCC1. The Bertz CT molecular complexity index is 1750. The van der Waals surface area contributed by atoms with Gasteiger partial charge in [0.2, 0.25) is 0 Å². The van der Waals surface area contributed by atoms with E-state index in [-0.39, 0.29) is 11.9 Å². The van der Waals surface area contributed by atoms with Gasteiger partial charge >= 0.3 is 11.9 Å². The first-order valence-corrected chi connectivity index (χ1v) is 39.5. The van der Waals surface area contributed by atoms with Gasteiger partial charge in [-0.2, -0.15) is 0 Å². The molecule has 0 radical (unpaired) electrons. The Balaban J connectivity index is 2.47. The van der Waals surface area contributed by atoms with Crippen LogP contribution >= 0.6 is 0 Å². The average Bonchev–Trinajstić information content (AvgIpc) is 3.65. The van der Waals surface area contributed by atoms with E-state index in [2.05, 4.69) is 160 Å². The third kappa shape index (κ3) is 70.6. The minimum Gasteiger partial charge on any atom is -0.466 e. The van der Waals surface area contributed by atoms with Gasteiger partial charge in [0.25, 0.3) is 0 Å². The Morgan fingerprint density at radius 2 is 0.533 bits per heavy atom. The summed E-state index contributed by atoms with van der Waals surface area (Å²) >= 11 is 0. The quantitative estimate of drug-likeness (QED) is 0.123. The summed E-state index contributed by atoms with van der Waals surface area (Å²) in [6.07, 6.45) is 112. The summed E-state index contributed by atoms with van der Waals surface area (Å²) in [4.78, 5) is 29.1. The molecule has 0 saturated heterocycles. The van der Waals surface area contributed by atoms with Gasteiger partial charge in [-0.25, -0.2) is 0 Å². The zero-order valence-corrected chi connectivity index (χ0v) is 61.2. The van der Waals surface area contributed by atoms with Gasteiger partial charge in [0.05, 0.1) is 13.2 Å². The zero-order chi connectivity index (χ0) is 66.0. The molecule has 0 saturated carbocycles. The lowest BCUT2D eigenvalue weighted by Crippen LogP contribution is -2.12. The molecule has 2 unspecified atom stereocenters. The van der Waals surface area contributed by atoms with Gasteiger partial charge in [-0.15, -0.1) is 0 Å². The Labute approximate surface area is 572 Å². The van der Waals surface area contributed by atoms with E-state index in [9.17, 15) is 9.59 Å². The van der Waals surface area contributed by atoms with Crippen LogP contribution in [0.1, 0.15) is 347 Å². The predicted molar refractivity (Wildman–Crippen MR) is 407 cm³/mol. The van der Waals surface area contributed by atoms with Gasteiger partial charge in [-0.1, -0.05) is 250 Å². The highest BCUT2D eigenvalue weighted by Gasteiger charge is 2.08. The molecule has 1 aliphatic rings. The number of cyclic esters (lactones) is 2. The molecule has 6 nitrogen and oxygen atoms in total. The second-order valence-corrected chi connectivity index (χ2v) is 27.7. The minimum atomic E-state index is -0.0356. The van der Waals surface area contributed by atoms with Crippen molar-refractivity contribution in [1.82, 2.24) is 9.80 Å². The number of hydrogen-bond acceptors (Lipinski definition) is 6. The normalized spacial score (nSPS) is 24.8. The van der Waals surface area contributed by atoms with Gasteiger partial charge in [0.1, 0.15) is 0 Å². The van der Waals surface area contributed by atoms with Crippen molar-refractivity contribution in [2.75, 3.05) is 54.5 Å². The van der Waals surface area contributed by atoms with Crippen LogP contribution < -0.4 is 0 Å². The smallest absolute Gasteiger partial charge is 0.305 e. The number of esters is 2. The Kier molecular flexibility index (Phi) is 68.5. The lowest BCUT2D eigenvalue weighted by atomic mass is 9.93. The largest absolute Gasteiger partial charge is 0.466 e. The molecule has 1 rings (SSSR count). The Hall–Kier alpha value is -3.74. The van der Waals surface area contributed by atoms with Crippen molar-refractivity contribution in [3.63, 3.8) is 0 Å². The summed E-state index contributed by atoms with van der Waals surface area (Å²) in [6.45, 7) is 3.45. The fourth-order valence-corrected chi connectivity index (χ4v) is 12.1. The maximum atomic E-state index is 12.3. The van der Waals surface area contributed by atoms with E-state index in [1.807, 2.05) is 0 Å². The number of carbonyl (C=O) groups is 2. The van der Waals surface area contributed by atoms with Crippen LogP contribution in [0.3, 0.4) is 0 Å². The van der Waals surface area contributed by atoms with Crippen molar-refractivity contribution < 1.29 is 19.1 Å². The Morgan fingerprint density at radius 1 is 0.304 bits per heavy atom. The molecule has 0 amide bonds. The fourth-order valence-electron chi connectivity index (χ4n) is 12.1. The molecule has 0 aromatic carbocycles. The van der Waals surface area contributed by atoms with Crippen LogP contribution in [0.5, 0.6) is 0 Å². The van der Waals surface area contributed by atoms with Crippen LogP contribution in [0.2, 0.25) is 0 Å². The maximum absolute atomic E-state index is 12.3. The number of nitrogens with zero attached hydrogens (tertiary/aromatic N) is 2. The number of unbranched alkanes of at least 4 members (excludes halogenated alkanes) is 2. The molecule has 1 aliphatic heterocycles. The summed E-state index contributed by atoms with van der Waals surface area (Å²) in [6, 6.07) is 0. The third-order valence-corrected chi connectivity index (χ3v) is 18.0. The molecule has 6 heteroatoms. The summed E-state index contributed by atoms with van der Waals surface area (Å²) < 4.78 is 11.0. The number of ether oxygens (including phenoxy) is 2. The first-order chi connectivity index (χ1) is 45.4. The van der Waals surface area contributed by atoms with Gasteiger partial charge < -0.3 is 19.3 Å². The Morgan fingerprint density at radius 3 is 0.793 bits per heavy atom. The lowest BCUT2D eigenvalue weighted by molar-refractivity contribution is -0.144. The van der Waals surface area contributed by atoms with Gasteiger partial charge in [-0.3, -0.25) is 9.59 Å². The minimum absolute atomic E-state index is 0.0356. The van der Waals surface area contributed by atoms with Crippen LogP contribution in [0, 0.1) is 11.8 Å². The van der Waals surface area contributed by atoms with E-state index < -0.39 is 0 Å². The van der Waals surface area contributed by atoms with Crippen molar-refractivity contribution in [1.29, 1.82) is 0 Å². The molecule has 0 aliphatic carbocycles. The number of carbonyl (C=O) groups excluding carboxylic acids is 2. The molecular formula is C86H150N2O4. The van der Waals surface area contributed by atoms with Crippen LogP contribution in [0.15, 0.2) is 122 Å². The first-order valence-electron chi connectivity index (χ1n) is 39.5. The highest BCUT2D eigenvalue weighted by molar-refractivity contribution is 5.69. The second-order valence-electron chi connectivity index (χ2n) is 27.7. The highest BCUT2D eigenvalue weighted by Crippen LogP contribution is 2.24. The topological polar surface area (TPSA) is 59.1 Å². The van der Waals surface area contributed by atoms with E-state index in [1.165, 1.54) is 244 Å². The van der Waals surface area contributed by atoms with E-state index in [4.69, 9.17) is 9.47 Å². The number of allylic oxidation sites excluding steroid dienone is 20. The van der Waals surface area contributed by atoms with Crippen LogP contribution in [0.4, 0.5) is 0 Å². The van der Waals surface area contributed by atoms with Crippen LogP contribution in [0.25, 0.3) is 0 Å². The molecule has 0 spiro atoms. The van der Waals surface area contributed by atoms with Crippen molar-refractivity contribution >= 4 is 11.9 Å². The molecule has 0 fully saturated rings. The van der Waals surface area contributed by atoms with Gasteiger partial charge in [-0.05, 0) is 259 Å². The third-order valence-electron chi connectivity index (χ3n) is 18.0. The van der Waals surface area contributed by atoms with Crippen molar-refractivity contribution in [3.8, 4) is 0 Å². The molecule has 0 aromatic rings. The molecule has 0 aromatic heterocycles. The van der Waals surface area contributed by atoms with Crippen molar-refractivity contribution in [2.24, 2.45) is 11.8 Å². The summed E-state index contributed by atoms with van der Waals surface area (Å²) in [5.41, 5.74) is 0. The average molecular weight is 1280 g/mol. The number of hydrogen-bond donors (Lipinski definition) is 0. The predicted octanol–water partition coefficient (Wildman–Crippen LogP) is 26.1. The molecule has 1 heterocycles. The molecule has 92 heavy (non-hydrogen) atoms. The summed E-state index contributed by atoms with van der Waals surface area (Å²) in [5.74, 6) is 1.44. The molecule has 0 bridgehead atoms. The van der Waals surface area contributed by atoms with E-state index in [0.717, 1.165) is 115 Å². The zero-order valence-electron chi connectivity index (χ0n) is 61.2. The van der Waals surface area contributed by atoms with E-state index in [0.29, 0.717) is 26.1 Å². The van der Waals surface area contributed by atoms with Crippen molar-refractivity contribution in [2.45, 2.75) is 347 Å². The van der Waals surface area contributed by atoms with Gasteiger partial charge in [0, 0.05) is 12.8 Å². The van der Waals surface area contributed by atoms with E-state index in [1.54, 1.807) is 0 Å². The van der Waals surface area contributed by atoms with E-state index >= 15 is 0 Å².